The molecule has 0 heterocycles. The molecule has 0 spiro atoms. The zero-order valence-corrected chi connectivity index (χ0v) is 21.2. The highest BCUT2D eigenvalue weighted by Crippen LogP contribution is 2.30. The molecule has 0 unspecified atom stereocenters. The largest absolute Gasteiger partial charge is 0.490 e. The Labute approximate surface area is 204 Å². The SMILES string of the molecule is CN(C)CCOc1c(I)cc(C(=O)c2ccc(OCc3ccccc3)cc2)cc1I. The van der Waals surface area contributed by atoms with Gasteiger partial charge in [-0.15, -0.1) is 0 Å². The highest BCUT2D eigenvalue weighted by atomic mass is 127. The van der Waals surface area contributed by atoms with Gasteiger partial charge in [-0.3, -0.25) is 4.79 Å². The summed E-state index contributed by atoms with van der Waals surface area (Å²) in [5.74, 6) is 1.56. The Hall–Kier alpha value is -1.65. The molecule has 3 rings (SSSR count). The summed E-state index contributed by atoms with van der Waals surface area (Å²) in [5.41, 5.74) is 2.39. The number of rotatable bonds is 9. The lowest BCUT2D eigenvalue weighted by atomic mass is 10.0. The average Bonchev–Trinajstić information content (AvgIpc) is 2.74. The summed E-state index contributed by atoms with van der Waals surface area (Å²) < 4.78 is 13.6. The van der Waals surface area contributed by atoms with Gasteiger partial charge in [0.25, 0.3) is 0 Å². The van der Waals surface area contributed by atoms with Gasteiger partial charge in [-0.2, -0.15) is 0 Å². The topological polar surface area (TPSA) is 38.8 Å². The summed E-state index contributed by atoms with van der Waals surface area (Å²) in [6, 6.07) is 21.1. The van der Waals surface area contributed by atoms with Crippen molar-refractivity contribution in [3.8, 4) is 11.5 Å². The van der Waals surface area contributed by atoms with E-state index in [2.05, 4.69) is 50.1 Å². The molecule has 0 aliphatic rings. The Morgan fingerprint density at radius 2 is 1.50 bits per heavy atom. The molecule has 3 aromatic rings. The lowest BCUT2D eigenvalue weighted by Crippen LogP contribution is -2.20. The molecule has 0 saturated carbocycles. The lowest BCUT2D eigenvalue weighted by molar-refractivity contribution is 0.103. The Morgan fingerprint density at radius 1 is 0.867 bits per heavy atom. The molecule has 30 heavy (non-hydrogen) atoms. The van der Waals surface area contributed by atoms with E-state index in [1.54, 1.807) is 0 Å². The molecular formula is C24H23I2NO3. The van der Waals surface area contributed by atoms with Crippen molar-refractivity contribution < 1.29 is 14.3 Å². The zero-order chi connectivity index (χ0) is 21.5. The van der Waals surface area contributed by atoms with E-state index in [-0.39, 0.29) is 5.78 Å². The summed E-state index contributed by atoms with van der Waals surface area (Å²) in [4.78, 5) is 15.0. The van der Waals surface area contributed by atoms with E-state index < -0.39 is 0 Å². The van der Waals surface area contributed by atoms with Crippen molar-refractivity contribution >= 4 is 51.0 Å². The van der Waals surface area contributed by atoms with Gasteiger partial charge < -0.3 is 14.4 Å². The Morgan fingerprint density at radius 3 is 2.10 bits per heavy atom. The Bertz CT molecular complexity index is 966. The molecule has 0 radical (unpaired) electrons. The van der Waals surface area contributed by atoms with E-state index in [0.717, 1.165) is 30.7 Å². The number of halogens is 2. The van der Waals surface area contributed by atoms with Gasteiger partial charge in [0.2, 0.25) is 0 Å². The molecule has 0 aliphatic heterocycles. The van der Waals surface area contributed by atoms with Crippen LogP contribution in [0.1, 0.15) is 21.5 Å². The van der Waals surface area contributed by atoms with Crippen LogP contribution in [0.25, 0.3) is 0 Å². The third kappa shape index (κ3) is 6.42. The fourth-order valence-electron chi connectivity index (χ4n) is 2.77. The quantitative estimate of drug-likeness (QED) is 0.228. The van der Waals surface area contributed by atoms with Crippen molar-refractivity contribution in [1.29, 1.82) is 0 Å². The van der Waals surface area contributed by atoms with Crippen molar-refractivity contribution in [2.45, 2.75) is 6.61 Å². The van der Waals surface area contributed by atoms with Crippen molar-refractivity contribution in [2.24, 2.45) is 0 Å². The number of nitrogens with zero attached hydrogens (tertiary/aromatic N) is 1. The van der Waals surface area contributed by atoms with E-state index in [0.29, 0.717) is 24.3 Å². The molecule has 0 aromatic heterocycles. The minimum atomic E-state index is -0.0136. The van der Waals surface area contributed by atoms with Crippen molar-refractivity contribution in [3.63, 3.8) is 0 Å². The standard InChI is InChI=1S/C24H23I2NO3/c1-27(2)12-13-29-24-21(25)14-19(15-22(24)26)23(28)18-8-10-20(11-9-18)30-16-17-6-4-3-5-7-17/h3-11,14-15H,12-13,16H2,1-2H3. The van der Waals surface area contributed by atoms with E-state index >= 15 is 0 Å². The third-order valence-electron chi connectivity index (χ3n) is 4.41. The highest BCUT2D eigenvalue weighted by Gasteiger charge is 2.15. The second kappa shape index (κ2) is 11.1. The van der Waals surface area contributed by atoms with Crippen LogP contribution in [0.15, 0.2) is 66.7 Å². The summed E-state index contributed by atoms with van der Waals surface area (Å²) in [5, 5.41) is 0. The number of benzene rings is 3. The Balaban J connectivity index is 1.67. The van der Waals surface area contributed by atoms with Gasteiger partial charge in [-0.1, -0.05) is 30.3 Å². The number of hydrogen-bond donors (Lipinski definition) is 0. The number of carbonyl (C=O) groups excluding carboxylic acids is 1. The van der Waals surface area contributed by atoms with Crippen molar-refractivity contribution in [2.75, 3.05) is 27.2 Å². The first-order chi connectivity index (χ1) is 14.4. The van der Waals surface area contributed by atoms with Gasteiger partial charge in [-0.25, -0.2) is 0 Å². The predicted molar refractivity (Wildman–Crippen MR) is 137 cm³/mol. The minimum Gasteiger partial charge on any atom is -0.490 e. The van der Waals surface area contributed by atoms with Gasteiger partial charge in [0.05, 0.1) is 7.14 Å². The molecule has 0 N–H and O–H groups in total. The van der Waals surface area contributed by atoms with Crippen LogP contribution in [0.3, 0.4) is 0 Å². The molecule has 0 saturated heterocycles. The predicted octanol–water partition coefficient (Wildman–Crippen LogP) is 5.65. The third-order valence-corrected chi connectivity index (χ3v) is 6.01. The van der Waals surface area contributed by atoms with Crippen LogP contribution in [0.4, 0.5) is 0 Å². The molecule has 0 bridgehead atoms. The van der Waals surface area contributed by atoms with E-state index in [9.17, 15) is 4.79 Å². The van der Waals surface area contributed by atoms with Gasteiger partial charge in [0.15, 0.2) is 5.78 Å². The van der Waals surface area contributed by atoms with Crippen LogP contribution >= 0.6 is 45.2 Å². The first-order valence-electron chi connectivity index (χ1n) is 9.52. The molecule has 6 heteroatoms. The molecule has 0 atom stereocenters. The molecule has 4 nitrogen and oxygen atoms in total. The molecule has 0 fully saturated rings. The fraction of sp³-hybridized carbons (Fsp3) is 0.208. The normalized spacial score (nSPS) is 10.8. The fourth-order valence-corrected chi connectivity index (χ4v) is 4.85. The molecule has 156 valence electrons. The van der Waals surface area contributed by atoms with Gasteiger partial charge in [0, 0.05) is 17.7 Å². The summed E-state index contributed by atoms with van der Waals surface area (Å²) in [7, 11) is 4.03. The molecular weight excluding hydrogens is 604 g/mol. The van der Waals surface area contributed by atoms with E-state index in [4.69, 9.17) is 9.47 Å². The number of ketones is 1. The molecule has 0 amide bonds. The van der Waals surface area contributed by atoms with E-state index in [1.807, 2.05) is 80.8 Å². The first kappa shape index (κ1) is 23.0. The lowest BCUT2D eigenvalue weighted by Gasteiger charge is -2.14. The van der Waals surface area contributed by atoms with Crippen LogP contribution < -0.4 is 9.47 Å². The van der Waals surface area contributed by atoms with Gasteiger partial charge in [0.1, 0.15) is 24.7 Å². The van der Waals surface area contributed by atoms with Crippen molar-refractivity contribution in [3.05, 3.63) is 90.6 Å². The molecule has 3 aromatic carbocycles. The second-order valence-corrected chi connectivity index (χ2v) is 9.37. The number of ether oxygens (including phenoxy) is 2. The first-order valence-corrected chi connectivity index (χ1v) is 11.7. The van der Waals surface area contributed by atoms with Crippen LogP contribution in [0.2, 0.25) is 0 Å². The zero-order valence-electron chi connectivity index (χ0n) is 16.9. The maximum Gasteiger partial charge on any atom is 0.193 e. The minimum absolute atomic E-state index is 0.0136. The number of hydrogen-bond acceptors (Lipinski definition) is 4. The van der Waals surface area contributed by atoms with Crippen LogP contribution in [0, 0.1) is 7.14 Å². The summed E-state index contributed by atoms with van der Waals surface area (Å²) in [6.45, 7) is 1.95. The smallest absolute Gasteiger partial charge is 0.193 e. The number of likely N-dealkylation sites (N-methyl/N-ethyl adjacent to an activating group) is 1. The maximum absolute atomic E-state index is 13.0. The van der Waals surface area contributed by atoms with Crippen LogP contribution in [0.5, 0.6) is 11.5 Å². The van der Waals surface area contributed by atoms with Gasteiger partial charge in [-0.05, 0) is 101 Å². The Kier molecular flexibility index (Phi) is 8.52. The summed E-state index contributed by atoms with van der Waals surface area (Å²) in [6.07, 6.45) is 0. The molecule has 0 aliphatic carbocycles. The van der Waals surface area contributed by atoms with Crippen LogP contribution in [-0.4, -0.2) is 37.9 Å². The number of carbonyl (C=O) groups is 1. The van der Waals surface area contributed by atoms with Crippen molar-refractivity contribution in [1.82, 2.24) is 4.90 Å². The van der Waals surface area contributed by atoms with Gasteiger partial charge >= 0.3 is 0 Å². The highest BCUT2D eigenvalue weighted by molar-refractivity contribution is 14.1. The monoisotopic (exact) mass is 627 g/mol. The second-order valence-electron chi connectivity index (χ2n) is 7.05. The summed E-state index contributed by atoms with van der Waals surface area (Å²) >= 11 is 4.46. The van der Waals surface area contributed by atoms with E-state index in [1.165, 1.54) is 0 Å². The average molecular weight is 627 g/mol. The maximum atomic E-state index is 13.0. The van der Waals surface area contributed by atoms with Crippen LogP contribution in [-0.2, 0) is 6.61 Å².